The summed E-state index contributed by atoms with van der Waals surface area (Å²) in [5, 5.41) is 12.2. The van der Waals surface area contributed by atoms with Gasteiger partial charge in [0.05, 0.1) is 0 Å². The molecule has 0 aliphatic carbocycles. The van der Waals surface area contributed by atoms with E-state index in [0.29, 0.717) is 12.5 Å². The minimum absolute atomic E-state index is 0.311. The summed E-state index contributed by atoms with van der Waals surface area (Å²) in [5.74, 6) is 0.311. The maximum atomic E-state index is 12.2. The Bertz CT molecular complexity index is 121. The molecule has 0 saturated carbocycles. The predicted molar refractivity (Wildman–Crippen MR) is 56.1 cm³/mol. The van der Waals surface area contributed by atoms with E-state index in [1.807, 2.05) is 13.8 Å². The van der Waals surface area contributed by atoms with Crippen LogP contribution in [-0.4, -0.2) is 12.1 Å². The van der Waals surface area contributed by atoms with Crippen LogP contribution in [0.15, 0.2) is 0 Å². The molecule has 0 rings (SSSR count). The molecule has 0 bridgehead atoms. The molecule has 0 saturated heterocycles. The first-order valence-electron chi connectivity index (χ1n) is 5.55. The fourth-order valence-corrected chi connectivity index (χ4v) is 2.03. The van der Waals surface area contributed by atoms with Crippen LogP contribution < -0.4 is 5.73 Å². The topological polar surface area (TPSA) is 45.9 Å². The van der Waals surface area contributed by atoms with Crippen LogP contribution in [0, 0.1) is 5.92 Å². The summed E-state index contributed by atoms with van der Waals surface area (Å²) in [7, 11) is 0. The molecule has 0 amide bonds. The summed E-state index contributed by atoms with van der Waals surface area (Å²) in [5.41, 5.74) is 4.75. The van der Waals surface area contributed by atoms with Crippen LogP contribution in [0.25, 0.3) is 0 Å². The molecule has 0 aromatic carbocycles. The first-order valence-corrected chi connectivity index (χ1v) is 5.55. The second-order valence-corrected chi connectivity index (χ2v) is 3.81. The average Bonchev–Trinajstić information content (AvgIpc) is 2.18. The van der Waals surface area contributed by atoms with Crippen LogP contribution in [0.3, 0.4) is 0 Å². The third-order valence-corrected chi connectivity index (χ3v) is 3.19. The van der Waals surface area contributed by atoms with Gasteiger partial charge >= 0.3 is 0 Å². The molecular weight excluding hydrogens is 162 g/mol. The van der Waals surface area contributed by atoms with Crippen molar-refractivity contribution in [3.8, 4) is 0 Å². The predicted octanol–water partition coefficient (Wildman–Crippen LogP) is 2.74. The first kappa shape index (κ1) is 12.9. The number of nitrogens with two attached hydrogens (primary N) is 1. The van der Waals surface area contributed by atoms with Crippen LogP contribution in [0.2, 0.25) is 0 Å². The maximum absolute atomic E-state index is 12.2. The average molecular weight is 186 g/mol. The van der Waals surface area contributed by atoms with Gasteiger partial charge in [-0.05, 0) is 38.1 Å². The van der Waals surface area contributed by atoms with E-state index in [0.717, 1.165) is 32.1 Å². The van der Waals surface area contributed by atoms with Gasteiger partial charge in [-0.2, -0.15) is 0 Å². The second kappa shape index (κ2) is 6.39. The molecule has 1 unspecified atom stereocenters. The van der Waals surface area contributed by atoms with Crippen LogP contribution in [0.5, 0.6) is 0 Å². The highest BCUT2D eigenvalue weighted by molar-refractivity contribution is 4.82. The van der Waals surface area contributed by atoms with E-state index < -0.39 is 5.60 Å². The normalized spacial score (nSPS) is 14.5. The van der Waals surface area contributed by atoms with Gasteiger partial charge in [0, 0.05) is 0 Å². The SMILES string of the molecule is CCC(CCCN)C([O])(CC)CC. The Balaban J connectivity index is 4.16. The molecule has 0 spiro atoms. The van der Waals surface area contributed by atoms with Crippen LogP contribution >= 0.6 is 0 Å². The Labute approximate surface area is 82.5 Å². The molecule has 0 aliphatic rings. The Kier molecular flexibility index (Phi) is 6.35. The minimum Gasteiger partial charge on any atom is -0.330 e. The van der Waals surface area contributed by atoms with E-state index in [2.05, 4.69) is 6.92 Å². The van der Waals surface area contributed by atoms with Gasteiger partial charge in [0.1, 0.15) is 5.60 Å². The van der Waals surface area contributed by atoms with Crippen molar-refractivity contribution < 1.29 is 5.11 Å². The fraction of sp³-hybridized carbons (Fsp3) is 1.00. The van der Waals surface area contributed by atoms with Crippen LogP contribution in [0.4, 0.5) is 0 Å². The molecule has 0 aromatic heterocycles. The summed E-state index contributed by atoms with van der Waals surface area (Å²) in [4.78, 5) is 0. The number of rotatable bonds is 7. The molecule has 2 N–H and O–H groups in total. The van der Waals surface area contributed by atoms with Gasteiger partial charge in [-0.1, -0.05) is 27.2 Å². The summed E-state index contributed by atoms with van der Waals surface area (Å²) >= 11 is 0. The second-order valence-electron chi connectivity index (χ2n) is 3.81. The van der Waals surface area contributed by atoms with Crippen molar-refractivity contribution in [2.75, 3.05) is 6.54 Å². The zero-order valence-electron chi connectivity index (χ0n) is 9.31. The molecule has 79 valence electrons. The van der Waals surface area contributed by atoms with Crippen molar-refractivity contribution in [2.45, 2.75) is 58.5 Å². The van der Waals surface area contributed by atoms with Gasteiger partial charge in [0.15, 0.2) is 0 Å². The molecule has 0 aromatic rings. The van der Waals surface area contributed by atoms with E-state index in [1.165, 1.54) is 0 Å². The molecule has 2 nitrogen and oxygen atoms in total. The maximum Gasteiger partial charge on any atom is 0.106 e. The first-order chi connectivity index (χ1) is 6.14. The molecular formula is C11H24NO. The minimum atomic E-state index is -0.704. The lowest BCUT2D eigenvalue weighted by Crippen LogP contribution is -2.35. The highest BCUT2D eigenvalue weighted by Crippen LogP contribution is 2.31. The van der Waals surface area contributed by atoms with Crippen LogP contribution in [-0.2, 0) is 5.11 Å². The lowest BCUT2D eigenvalue weighted by atomic mass is 9.78. The van der Waals surface area contributed by atoms with Crippen LogP contribution in [0.1, 0.15) is 52.9 Å². The summed E-state index contributed by atoms with van der Waals surface area (Å²) in [6.45, 7) is 6.82. The van der Waals surface area contributed by atoms with E-state index in [4.69, 9.17) is 5.73 Å². The highest BCUT2D eigenvalue weighted by atomic mass is 16.3. The molecule has 1 atom stereocenters. The largest absolute Gasteiger partial charge is 0.330 e. The van der Waals surface area contributed by atoms with E-state index in [1.54, 1.807) is 0 Å². The van der Waals surface area contributed by atoms with Gasteiger partial charge in [0.25, 0.3) is 0 Å². The lowest BCUT2D eigenvalue weighted by Gasteiger charge is -2.31. The van der Waals surface area contributed by atoms with E-state index in [9.17, 15) is 5.11 Å². The summed E-state index contributed by atoms with van der Waals surface area (Å²) in [6, 6.07) is 0. The molecule has 1 radical (unpaired) electrons. The van der Waals surface area contributed by atoms with Crippen molar-refractivity contribution in [1.29, 1.82) is 0 Å². The third kappa shape index (κ3) is 3.65. The summed E-state index contributed by atoms with van der Waals surface area (Å²) < 4.78 is 0. The molecule has 0 fully saturated rings. The van der Waals surface area contributed by atoms with Gasteiger partial charge in [0.2, 0.25) is 0 Å². The van der Waals surface area contributed by atoms with Crippen molar-refractivity contribution in [3.05, 3.63) is 0 Å². The Hall–Kier alpha value is -0.0800. The monoisotopic (exact) mass is 186 g/mol. The lowest BCUT2D eigenvalue weighted by molar-refractivity contribution is -0.0881. The zero-order valence-corrected chi connectivity index (χ0v) is 9.31. The van der Waals surface area contributed by atoms with Gasteiger partial charge < -0.3 is 5.73 Å². The molecule has 0 aliphatic heterocycles. The Morgan fingerprint density at radius 3 is 2.08 bits per heavy atom. The van der Waals surface area contributed by atoms with Gasteiger partial charge in [-0.25, -0.2) is 5.11 Å². The molecule has 13 heavy (non-hydrogen) atoms. The van der Waals surface area contributed by atoms with Crippen molar-refractivity contribution in [2.24, 2.45) is 11.7 Å². The van der Waals surface area contributed by atoms with Gasteiger partial charge in [-0.15, -0.1) is 0 Å². The van der Waals surface area contributed by atoms with Crippen molar-refractivity contribution in [1.82, 2.24) is 0 Å². The quantitative estimate of drug-likeness (QED) is 0.653. The van der Waals surface area contributed by atoms with Crippen molar-refractivity contribution >= 4 is 0 Å². The number of hydrogen-bond donors (Lipinski definition) is 1. The van der Waals surface area contributed by atoms with E-state index in [-0.39, 0.29) is 0 Å². The third-order valence-electron chi connectivity index (χ3n) is 3.19. The van der Waals surface area contributed by atoms with Gasteiger partial charge in [-0.3, -0.25) is 0 Å². The fourth-order valence-electron chi connectivity index (χ4n) is 2.03. The summed E-state index contributed by atoms with van der Waals surface area (Å²) in [6.07, 6.45) is 4.46. The highest BCUT2D eigenvalue weighted by Gasteiger charge is 2.33. The standard InChI is InChI=1S/C11H24NO/c1-4-10(8-7-9-12)11(13,5-2)6-3/h10H,4-9,12H2,1-3H3. The Morgan fingerprint density at radius 1 is 1.23 bits per heavy atom. The van der Waals surface area contributed by atoms with E-state index >= 15 is 0 Å². The molecule has 0 heterocycles. The molecule has 2 heteroatoms. The smallest absolute Gasteiger partial charge is 0.106 e. The number of hydrogen-bond acceptors (Lipinski definition) is 1. The Morgan fingerprint density at radius 2 is 1.77 bits per heavy atom. The van der Waals surface area contributed by atoms with Crippen molar-refractivity contribution in [3.63, 3.8) is 0 Å². The zero-order chi connectivity index (χ0) is 10.3.